The van der Waals surface area contributed by atoms with E-state index in [0.717, 1.165) is 21.2 Å². The predicted molar refractivity (Wildman–Crippen MR) is 104 cm³/mol. The van der Waals surface area contributed by atoms with Gasteiger partial charge in [0.15, 0.2) is 0 Å². The van der Waals surface area contributed by atoms with Gasteiger partial charge in [0.1, 0.15) is 4.90 Å². The molecule has 1 aliphatic rings. The van der Waals surface area contributed by atoms with E-state index in [1.54, 1.807) is 17.4 Å². The molecular formula is C18H15ClN2O3S2. The molecule has 0 saturated carbocycles. The van der Waals surface area contributed by atoms with Gasteiger partial charge in [0.25, 0.3) is 0 Å². The van der Waals surface area contributed by atoms with Crippen molar-refractivity contribution in [2.75, 3.05) is 5.32 Å². The third-order valence-corrected chi connectivity index (χ3v) is 7.09. The number of halogens is 1. The van der Waals surface area contributed by atoms with E-state index in [1.807, 2.05) is 29.6 Å². The molecule has 0 unspecified atom stereocenters. The molecule has 2 aromatic carbocycles. The summed E-state index contributed by atoms with van der Waals surface area (Å²) in [6, 6.07) is 10.9. The van der Waals surface area contributed by atoms with E-state index in [-0.39, 0.29) is 22.4 Å². The zero-order valence-corrected chi connectivity index (χ0v) is 16.0. The third kappa shape index (κ3) is 3.35. The number of nitrogens with one attached hydrogen (secondary N) is 2. The van der Waals surface area contributed by atoms with Crippen molar-refractivity contribution in [2.24, 2.45) is 0 Å². The smallest absolute Gasteiger partial charge is 0.242 e. The van der Waals surface area contributed by atoms with Crippen LogP contribution < -0.4 is 10.0 Å². The maximum atomic E-state index is 12.7. The minimum atomic E-state index is -3.81. The minimum Gasteiger partial charge on any atom is -0.326 e. The summed E-state index contributed by atoms with van der Waals surface area (Å²) >= 11 is 7.84. The topological polar surface area (TPSA) is 75.3 Å². The van der Waals surface area contributed by atoms with Gasteiger partial charge in [-0.3, -0.25) is 4.79 Å². The van der Waals surface area contributed by atoms with E-state index in [0.29, 0.717) is 18.5 Å². The standard InChI is InChI=1S/C18H15ClN2O3S2/c19-14-8-12-2-4-18(22)21-15(12)9-17(14)26(23,24)20-10-11-1-3-16-13(7-11)5-6-25-16/h1,3,5-9,20H,2,4,10H2,(H,21,22). The second-order valence-corrected chi connectivity index (χ2v) is 9.20. The van der Waals surface area contributed by atoms with Crippen LogP contribution in [0.1, 0.15) is 17.5 Å². The van der Waals surface area contributed by atoms with Crippen LogP contribution in [-0.2, 0) is 27.8 Å². The summed E-state index contributed by atoms with van der Waals surface area (Å²) in [6.45, 7) is 0.161. The fourth-order valence-electron chi connectivity index (χ4n) is 2.97. The summed E-state index contributed by atoms with van der Waals surface area (Å²) in [4.78, 5) is 11.5. The molecule has 0 atom stereocenters. The number of amides is 1. The van der Waals surface area contributed by atoms with Gasteiger partial charge in [0.2, 0.25) is 15.9 Å². The van der Waals surface area contributed by atoms with Crippen molar-refractivity contribution in [3.8, 4) is 0 Å². The van der Waals surface area contributed by atoms with Crippen LogP contribution >= 0.6 is 22.9 Å². The number of rotatable bonds is 4. The van der Waals surface area contributed by atoms with Crippen LogP contribution in [0, 0.1) is 0 Å². The molecule has 134 valence electrons. The predicted octanol–water partition coefficient (Wildman–Crippen LogP) is 3.92. The van der Waals surface area contributed by atoms with Crippen molar-refractivity contribution in [1.29, 1.82) is 0 Å². The van der Waals surface area contributed by atoms with Crippen molar-refractivity contribution < 1.29 is 13.2 Å². The fourth-order valence-corrected chi connectivity index (χ4v) is 5.33. The first-order chi connectivity index (χ1) is 12.4. The van der Waals surface area contributed by atoms with E-state index in [9.17, 15) is 13.2 Å². The number of hydrogen-bond donors (Lipinski definition) is 2. The zero-order chi connectivity index (χ0) is 18.3. The Bertz CT molecular complexity index is 1120. The first-order valence-corrected chi connectivity index (χ1v) is 10.7. The molecule has 2 heterocycles. The lowest BCUT2D eigenvalue weighted by Gasteiger charge is -2.19. The third-order valence-electron chi connectivity index (χ3n) is 4.33. The van der Waals surface area contributed by atoms with Crippen LogP contribution in [0.15, 0.2) is 46.7 Å². The lowest BCUT2D eigenvalue weighted by Crippen LogP contribution is -2.25. The van der Waals surface area contributed by atoms with E-state index in [2.05, 4.69) is 10.0 Å². The highest BCUT2D eigenvalue weighted by Crippen LogP contribution is 2.32. The van der Waals surface area contributed by atoms with Gasteiger partial charge in [0, 0.05) is 23.4 Å². The van der Waals surface area contributed by atoms with Gasteiger partial charge in [-0.2, -0.15) is 0 Å². The molecule has 1 amide bonds. The summed E-state index contributed by atoms with van der Waals surface area (Å²) in [7, 11) is -3.81. The Kier molecular flexibility index (Phi) is 4.48. The molecule has 0 spiro atoms. The highest BCUT2D eigenvalue weighted by atomic mass is 35.5. The molecule has 0 radical (unpaired) electrons. The van der Waals surface area contributed by atoms with Crippen molar-refractivity contribution >= 4 is 54.6 Å². The Morgan fingerprint density at radius 1 is 1.15 bits per heavy atom. The van der Waals surface area contributed by atoms with Gasteiger partial charge in [-0.25, -0.2) is 13.1 Å². The van der Waals surface area contributed by atoms with Crippen LogP contribution in [0.2, 0.25) is 5.02 Å². The van der Waals surface area contributed by atoms with Crippen LogP contribution in [0.3, 0.4) is 0 Å². The molecule has 0 saturated heterocycles. The molecule has 5 nitrogen and oxygen atoms in total. The molecule has 2 N–H and O–H groups in total. The Morgan fingerprint density at radius 3 is 2.85 bits per heavy atom. The highest BCUT2D eigenvalue weighted by molar-refractivity contribution is 7.89. The number of benzene rings is 2. The summed E-state index contributed by atoms with van der Waals surface area (Å²) in [5.74, 6) is -0.125. The summed E-state index contributed by atoms with van der Waals surface area (Å²) < 4.78 is 29.1. The van der Waals surface area contributed by atoms with Crippen LogP contribution in [0.5, 0.6) is 0 Å². The Morgan fingerprint density at radius 2 is 2.00 bits per heavy atom. The molecular weight excluding hydrogens is 392 g/mol. The number of thiophene rings is 1. The second kappa shape index (κ2) is 6.66. The van der Waals surface area contributed by atoms with Crippen molar-refractivity contribution in [3.05, 3.63) is 57.9 Å². The molecule has 4 rings (SSSR count). The van der Waals surface area contributed by atoms with Crippen LogP contribution in [0.4, 0.5) is 5.69 Å². The van der Waals surface area contributed by atoms with E-state index >= 15 is 0 Å². The van der Waals surface area contributed by atoms with Crippen molar-refractivity contribution in [3.63, 3.8) is 0 Å². The van der Waals surface area contributed by atoms with Gasteiger partial charge in [0.05, 0.1) is 5.02 Å². The number of anilines is 1. The fraction of sp³-hybridized carbons (Fsp3) is 0.167. The van der Waals surface area contributed by atoms with Gasteiger partial charge in [-0.1, -0.05) is 17.7 Å². The van der Waals surface area contributed by atoms with Crippen LogP contribution in [0.25, 0.3) is 10.1 Å². The van der Waals surface area contributed by atoms with Gasteiger partial charge in [-0.15, -0.1) is 11.3 Å². The largest absolute Gasteiger partial charge is 0.326 e. The number of hydrogen-bond acceptors (Lipinski definition) is 4. The molecule has 0 aliphatic carbocycles. The van der Waals surface area contributed by atoms with Crippen molar-refractivity contribution in [1.82, 2.24) is 4.72 Å². The quantitative estimate of drug-likeness (QED) is 0.689. The molecule has 26 heavy (non-hydrogen) atoms. The SMILES string of the molecule is O=C1CCc2cc(Cl)c(S(=O)(=O)NCc3ccc4sccc4c3)cc2N1. The average molecular weight is 407 g/mol. The number of sulfonamides is 1. The highest BCUT2D eigenvalue weighted by Gasteiger charge is 2.23. The van der Waals surface area contributed by atoms with Gasteiger partial charge >= 0.3 is 0 Å². The lowest BCUT2D eigenvalue weighted by atomic mass is 10.0. The van der Waals surface area contributed by atoms with Gasteiger partial charge in [-0.05, 0) is 58.6 Å². The summed E-state index contributed by atoms with van der Waals surface area (Å²) in [6.07, 6.45) is 0.925. The van der Waals surface area contributed by atoms with Crippen molar-refractivity contribution in [2.45, 2.75) is 24.3 Å². The average Bonchev–Trinajstić information content (AvgIpc) is 3.07. The summed E-state index contributed by atoms with van der Waals surface area (Å²) in [5.41, 5.74) is 2.21. The van der Waals surface area contributed by atoms with Crippen LogP contribution in [-0.4, -0.2) is 14.3 Å². The maximum absolute atomic E-state index is 12.7. The molecule has 1 aliphatic heterocycles. The Labute approximate surface area is 160 Å². The van der Waals surface area contributed by atoms with E-state index in [1.165, 1.54) is 6.07 Å². The monoisotopic (exact) mass is 406 g/mol. The second-order valence-electron chi connectivity index (χ2n) is 6.11. The number of fused-ring (bicyclic) bond motifs is 2. The van der Waals surface area contributed by atoms with E-state index < -0.39 is 10.0 Å². The molecule has 0 bridgehead atoms. The maximum Gasteiger partial charge on any atom is 0.242 e. The zero-order valence-electron chi connectivity index (χ0n) is 13.6. The number of aryl methyl sites for hydroxylation is 1. The molecule has 8 heteroatoms. The molecule has 0 fully saturated rings. The minimum absolute atomic E-state index is 0.0308. The Balaban J connectivity index is 1.59. The first kappa shape index (κ1) is 17.5. The summed E-state index contributed by atoms with van der Waals surface area (Å²) in [5, 5.41) is 5.94. The van der Waals surface area contributed by atoms with Gasteiger partial charge < -0.3 is 5.32 Å². The number of carbonyl (C=O) groups is 1. The molecule has 3 aromatic rings. The number of carbonyl (C=O) groups excluding carboxylic acids is 1. The Hall–Kier alpha value is -1.93. The van der Waals surface area contributed by atoms with E-state index in [4.69, 9.17) is 11.6 Å². The normalized spacial score (nSPS) is 14.3. The molecule has 1 aromatic heterocycles. The first-order valence-electron chi connectivity index (χ1n) is 8.00. The lowest BCUT2D eigenvalue weighted by molar-refractivity contribution is -0.116.